The Morgan fingerprint density at radius 1 is 1.32 bits per heavy atom. The van der Waals surface area contributed by atoms with Crippen LogP contribution in [0.15, 0.2) is 18.2 Å². The molecule has 2 unspecified atom stereocenters. The maximum Gasteiger partial charge on any atom is 0.341 e. The number of esters is 1. The molecule has 0 radical (unpaired) electrons. The Morgan fingerprint density at radius 2 is 2.00 bits per heavy atom. The molecule has 0 bridgehead atoms. The highest BCUT2D eigenvalue weighted by molar-refractivity contribution is 6.42. The fourth-order valence-corrected chi connectivity index (χ4v) is 2.74. The lowest BCUT2D eigenvalue weighted by Crippen LogP contribution is -2.32. The zero-order valence-electron chi connectivity index (χ0n) is 11.1. The van der Waals surface area contributed by atoms with Crippen LogP contribution in [0.5, 0.6) is 0 Å². The molecule has 0 spiro atoms. The summed E-state index contributed by atoms with van der Waals surface area (Å²) < 4.78 is 10.9. The number of halogens is 2. The normalized spacial score (nSPS) is 29.1. The Morgan fingerprint density at radius 3 is 2.53 bits per heavy atom. The van der Waals surface area contributed by atoms with Crippen molar-refractivity contribution in [2.75, 3.05) is 6.61 Å². The standard InChI is InChI=1S/C14H16Cl2O3/c1-4-14(12(17)18-5-2)13(3,19-14)9-6-7-10(15)11(16)8-9/h6-8H,4-5H2,1-3H3. The van der Waals surface area contributed by atoms with Crippen molar-refractivity contribution in [3.05, 3.63) is 33.8 Å². The first-order chi connectivity index (χ1) is 8.91. The van der Waals surface area contributed by atoms with Gasteiger partial charge in [0.2, 0.25) is 0 Å². The molecule has 1 saturated heterocycles. The molecule has 1 aliphatic rings. The van der Waals surface area contributed by atoms with E-state index in [9.17, 15) is 4.79 Å². The number of hydrogen-bond acceptors (Lipinski definition) is 3. The van der Waals surface area contributed by atoms with Gasteiger partial charge in [0.15, 0.2) is 5.60 Å². The predicted molar refractivity (Wildman–Crippen MR) is 74.6 cm³/mol. The van der Waals surface area contributed by atoms with Crippen LogP contribution >= 0.6 is 23.2 Å². The number of benzene rings is 1. The first-order valence-corrected chi connectivity index (χ1v) is 6.99. The van der Waals surface area contributed by atoms with Gasteiger partial charge in [-0.15, -0.1) is 0 Å². The second kappa shape index (κ2) is 4.97. The van der Waals surface area contributed by atoms with Gasteiger partial charge in [-0.05, 0) is 38.0 Å². The lowest BCUT2D eigenvalue weighted by atomic mass is 9.86. The van der Waals surface area contributed by atoms with E-state index in [2.05, 4.69) is 0 Å². The molecule has 1 fully saturated rings. The highest BCUT2D eigenvalue weighted by atomic mass is 35.5. The first kappa shape index (κ1) is 14.6. The largest absolute Gasteiger partial charge is 0.464 e. The van der Waals surface area contributed by atoms with Crippen LogP contribution in [0.4, 0.5) is 0 Å². The van der Waals surface area contributed by atoms with Crippen molar-refractivity contribution in [1.29, 1.82) is 0 Å². The van der Waals surface area contributed by atoms with Crippen molar-refractivity contribution in [1.82, 2.24) is 0 Å². The molecule has 1 heterocycles. The summed E-state index contributed by atoms with van der Waals surface area (Å²) in [6, 6.07) is 5.27. The summed E-state index contributed by atoms with van der Waals surface area (Å²) in [4.78, 5) is 12.1. The Hall–Kier alpha value is -0.770. The van der Waals surface area contributed by atoms with E-state index in [0.29, 0.717) is 23.1 Å². The summed E-state index contributed by atoms with van der Waals surface area (Å²) in [6.07, 6.45) is 0.544. The topological polar surface area (TPSA) is 38.8 Å². The van der Waals surface area contributed by atoms with Gasteiger partial charge in [0.1, 0.15) is 5.60 Å². The molecule has 104 valence electrons. The zero-order valence-corrected chi connectivity index (χ0v) is 12.6. The van der Waals surface area contributed by atoms with E-state index in [-0.39, 0.29) is 5.97 Å². The van der Waals surface area contributed by atoms with Gasteiger partial charge in [-0.1, -0.05) is 36.2 Å². The lowest BCUT2D eigenvalue weighted by molar-refractivity contribution is -0.149. The molecule has 0 N–H and O–H groups in total. The molecule has 2 atom stereocenters. The van der Waals surface area contributed by atoms with Crippen LogP contribution < -0.4 is 0 Å². The van der Waals surface area contributed by atoms with E-state index in [1.54, 1.807) is 19.1 Å². The second-order valence-electron chi connectivity index (χ2n) is 4.67. The summed E-state index contributed by atoms with van der Waals surface area (Å²) >= 11 is 11.9. The van der Waals surface area contributed by atoms with Crippen LogP contribution in [0.3, 0.4) is 0 Å². The van der Waals surface area contributed by atoms with Crippen molar-refractivity contribution in [3.8, 4) is 0 Å². The molecule has 19 heavy (non-hydrogen) atoms. The first-order valence-electron chi connectivity index (χ1n) is 6.24. The molecule has 0 aliphatic carbocycles. The third-order valence-electron chi connectivity index (χ3n) is 3.68. The molecular formula is C14H16Cl2O3. The zero-order chi connectivity index (χ0) is 14.3. The van der Waals surface area contributed by atoms with Crippen LogP contribution in [0.25, 0.3) is 0 Å². The van der Waals surface area contributed by atoms with E-state index in [1.165, 1.54) is 0 Å². The van der Waals surface area contributed by atoms with Crippen LogP contribution in [0.2, 0.25) is 10.0 Å². The summed E-state index contributed by atoms with van der Waals surface area (Å²) in [5, 5.41) is 0.928. The van der Waals surface area contributed by atoms with Gasteiger partial charge in [-0.2, -0.15) is 0 Å². The van der Waals surface area contributed by atoms with Crippen LogP contribution in [-0.4, -0.2) is 18.2 Å². The SMILES string of the molecule is CCOC(=O)C1(CC)OC1(C)c1ccc(Cl)c(Cl)c1. The minimum Gasteiger partial charge on any atom is -0.464 e. The lowest BCUT2D eigenvalue weighted by Gasteiger charge is -2.15. The van der Waals surface area contributed by atoms with E-state index >= 15 is 0 Å². The van der Waals surface area contributed by atoms with Crippen molar-refractivity contribution >= 4 is 29.2 Å². The summed E-state index contributed by atoms with van der Waals surface area (Å²) in [5.41, 5.74) is -0.792. The molecule has 0 amide bonds. The molecule has 1 aromatic rings. The maximum atomic E-state index is 12.1. The number of hydrogen-bond donors (Lipinski definition) is 0. The Labute approximate surface area is 122 Å². The summed E-state index contributed by atoms with van der Waals surface area (Å²) in [5.74, 6) is -0.328. The predicted octanol–water partition coefficient (Wildman–Crippen LogP) is 3.95. The third-order valence-corrected chi connectivity index (χ3v) is 4.42. The quantitative estimate of drug-likeness (QED) is 0.624. The van der Waals surface area contributed by atoms with Gasteiger partial charge in [0, 0.05) is 0 Å². The molecule has 1 aliphatic heterocycles. The average Bonchev–Trinajstić information content (AvgIpc) is 3.01. The third kappa shape index (κ3) is 2.14. The molecule has 1 aromatic carbocycles. The Bertz CT molecular complexity index is 517. The molecular weight excluding hydrogens is 287 g/mol. The second-order valence-corrected chi connectivity index (χ2v) is 5.48. The average molecular weight is 303 g/mol. The van der Waals surface area contributed by atoms with E-state index in [1.807, 2.05) is 19.9 Å². The fourth-order valence-electron chi connectivity index (χ4n) is 2.45. The van der Waals surface area contributed by atoms with E-state index in [0.717, 1.165) is 5.56 Å². The van der Waals surface area contributed by atoms with Crippen LogP contribution in [0, 0.1) is 0 Å². The molecule has 0 saturated carbocycles. The van der Waals surface area contributed by atoms with Gasteiger partial charge in [-0.25, -0.2) is 4.79 Å². The number of carbonyl (C=O) groups is 1. The highest BCUT2D eigenvalue weighted by Gasteiger charge is 2.72. The van der Waals surface area contributed by atoms with Crippen molar-refractivity contribution in [3.63, 3.8) is 0 Å². The van der Waals surface area contributed by atoms with E-state index in [4.69, 9.17) is 32.7 Å². The minimum atomic E-state index is -0.916. The smallest absolute Gasteiger partial charge is 0.341 e. The number of epoxide rings is 1. The summed E-state index contributed by atoms with van der Waals surface area (Å²) in [6.45, 7) is 5.88. The van der Waals surface area contributed by atoms with Crippen LogP contribution in [0.1, 0.15) is 32.8 Å². The number of ether oxygens (including phenoxy) is 2. The summed E-state index contributed by atoms with van der Waals surface area (Å²) in [7, 11) is 0. The minimum absolute atomic E-state index is 0.328. The van der Waals surface area contributed by atoms with Gasteiger partial charge < -0.3 is 9.47 Å². The number of rotatable bonds is 4. The highest BCUT2D eigenvalue weighted by Crippen LogP contribution is 2.58. The fraction of sp³-hybridized carbons (Fsp3) is 0.500. The van der Waals surface area contributed by atoms with Gasteiger partial charge >= 0.3 is 5.97 Å². The number of carbonyl (C=O) groups excluding carboxylic acids is 1. The van der Waals surface area contributed by atoms with Gasteiger partial charge in [-0.3, -0.25) is 0 Å². The maximum absolute atomic E-state index is 12.1. The Kier molecular flexibility index (Phi) is 3.83. The van der Waals surface area contributed by atoms with Crippen molar-refractivity contribution < 1.29 is 14.3 Å². The monoisotopic (exact) mass is 302 g/mol. The molecule has 2 rings (SSSR count). The molecule has 5 heteroatoms. The van der Waals surface area contributed by atoms with Gasteiger partial charge in [0.25, 0.3) is 0 Å². The molecule has 0 aromatic heterocycles. The van der Waals surface area contributed by atoms with Gasteiger partial charge in [0.05, 0.1) is 16.7 Å². The van der Waals surface area contributed by atoms with Crippen LogP contribution in [-0.2, 0) is 19.9 Å². The van der Waals surface area contributed by atoms with Crippen molar-refractivity contribution in [2.24, 2.45) is 0 Å². The Balaban J connectivity index is 2.34. The van der Waals surface area contributed by atoms with E-state index < -0.39 is 11.2 Å². The molecule has 3 nitrogen and oxygen atoms in total. The van der Waals surface area contributed by atoms with Crippen molar-refractivity contribution in [2.45, 2.75) is 38.4 Å².